The summed E-state index contributed by atoms with van der Waals surface area (Å²) in [6, 6.07) is 3.02. The third-order valence-corrected chi connectivity index (χ3v) is 2.19. The lowest BCUT2D eigenvalue weighted by molar-refractivity contribution is 0.804. The molecular formula is C7H9Cl2N5. The summed E-state index contributed by atoms with van der Waals surface area (Å²) < 4.78 is 0. The number of nitrogens with two attached hydrogens (primary N) is 3. The van der Waals surface area contributed by atoms with E-state index < -0.39 is 0 Å². The van der Waals surface area contributed by atoms with Gasteiger partial charge in [-0.2, -0.15) is 0 Å². The van der Waals surface area contributed by atoms with Crippen LogP contribution in [0, 0.1) is 0 Å². The van der Waals surface area contributed by atoms with Crippen LogP contribution in [0.5, 0.6) is 0 Å². The van der Waals surface area contributed by atoms with Crippen LogP contribution in [0.4, 0.5) is 5.69 Å². The van der Waals surface area contributed by atoms with Crippen LogP contribution in [0.1, 0.15) is 5.56 Å². The van der Waals surface area contributed by atoms with Crippen LogP contribution in [0.15, 0.2) is 17.2 Å². The molecule has 0 spiro atoms. The van der Waals surface area contributed by atoms with Crippen molar-refractivity contribution in [3.63, 3.8) is 0 Å². The summed E-state index contributed by atoms with van der Waals surface area (Å²) in [5.74, 6) is 5.11. The Morgan fingerprint density at radius 3 is 2.50 bits per heavy atom. The molecule has 0 saturated heterocycles. The highest BCUT2D eigenvalue weighted by Crippen LogP contribution is 2.26. The van der Waals surface area contributed by atoms with E-state index in [0.29, 0.717) is 21.3 Å². The molecule has 0 atom stereocenters. The fraction of sp³-hybridized carbons (Fsp3) is 0. The highest BCUT2D eigenvalue weighted by molar-refractivity contribution is 6.38. The average molecular weight is 234 g/mol. The normalized spacial score (nSPS) is 11.5. The van der Waals surface area contributed by atoms with Crippen molar-refractivity contribution in [2.24, 2.45) is 16.7 Å². The van der Waals surface area contributed by atoms with Gasteiger partial charge in [-0.1, -0.05) is 23.2 Å². The monoisotopic (exact) mass is 233 g/mol. The summed E-state index contributed by atoms with van der Waals surface area (Å²) in [5.41, 5.74) is 14.0. The van der Waals surface area contributed by atoms with Crippen LogP contribution in [-0.4, -0.2) is 5.84 Å². The van der Waals surface area contributed by atoms with Gasteiger partial charge >= 0.3 is 0 Å². The van der Waals surface area contributed by atoms with E-state index in [4.69, 9.17) is 40.5 Å². The number of hydrazone groups is 1. The lowest BCUT2D eigenvalue weighted by atomic mass is 10.2. The zero-order chi connectivity index (χ0) is 10.7. The van der Waals surface area contributed by atoms with E-state index in [0.717, 1.165) is 0 Å². The molecule has 7 N–H and O–H groups in total. The quantitative estimate of drug-likeness (QED) is 0.198. The second-order valence-electron chi connectivity index (χ2n) is 2.48. The van der Waals surface area contributed by atoms with Gasteiger partial charge in [0.05, 0.1) is 15.7 Å². The molecule has 0 unspecified atom stereocenters. The first-order valence-corrected chi connectivity index (χ1v) is 4.35. The van der Waals surface area contributed by atoms with Crippen molar-refractivity contribution in [1.82, 2.24) is 5.53 Å². The molecule has 7 heteroatoms. The largest absolute Gasteiger partial charge is 0.398 e. The minimum absolute atomic E-state index is 0.140. The molecule has 14 heavy (non-hydrogen) atoms. The minimum Gasteiger partial charge on any atom is -0.398 e. The Morgan fingerprint density at radius 2 is 1.93 bits per heavy atom. The van der Waals surface area contributed by atoms with Gasteiger partial charge in [-0.15, -0.1) is 5.10 Å². The Balaban J connectivity index is 3.22. The zero-order valence-corrected chi connectivity index (χ0v) is 8.60. The molecule has 0 bridgehead atoms. The van der Waals surface area contributed by atoms with E-state index >= 15 is 0 Å². The van der Waals surface area contributed by atoms with Crippen LogP contribution in [0.25, 0.3) is 0 Å². The summed E-state index contributed by atoms with van der Waals surface area (Å²) in [5, 5.41) is 4.30. The fourth-order valence-electron chi connectivity index (χ4n) is 0.892. The van der Waals surface area contributed by atoms with Crippen molar-refractivity contribution in [2.45, 2.75) is 0 Å². The maximum absolute atomic E-state index is 5.86. The topological polar surface area (TPSA) is 102 Å². The number of hydrogen-bond donors (Lipinski definition) is 4. The molecule has 0 radical (unpaired) electrons. The zero-order valence-electron chi connectivity index (χ0n) is 7.09. The first kappa shape index (κ1) is 10.9. The standard InChI is InChI=1S/C7H9Cl2N5/c8-4-2-5(9)6(10)1-3(4)7(11)13-14-12/h1-2,14H,10,12H2,(H2,11,13). The van der Waals surface area contributed by atoms with Gasteiger partial charge in [0.2, 0.25) is 0 Å². The van der Waals surface area contributed by atoms with Crippen molar-refractivity contribution < 1.29 is 0 Å². The number of halogens is 2. The van der Waals surface area contributed by atoms with Gasteiger partial charge in [0.25, 0.3) is 0 Å². The molecule has 0 aliphatic carbocycles. The number of anilines is 1. The maximum Gasteiger partial charge on any atom is 0.153 e. The van der Waals surface area contributed by atoms with Crippen molar-refractivity contribution in [1.29, 1.82) is 0 Å². The molecule has 0 aromatic heterocycles. The van der Waals surface area contributed by atoms with Crippen LogP contribution in [0.2, 0.25) is 10.0 Å². The second kappa shape index (κ2) is 4.36. The number of hydrogen-bond acceptors (Lipinski definition) is 4. The van der Waals surface area contributed by atoms with E-state index in [1.165, 1.54) is 12.1 Å². The number of rotatable bonds is 2. The molecule has 1 aromatic rings. The van der Waals surface area contributed by atoms with Crippen molar-refractivity contribution >= 4 is 34.7 Å². The molecular weight excluding hydrogens is 225 g/mol. The van der Waals surface area contributed by atoms with Gasteiger partial charge < -0.3 is 11.5 Å². The molecule has 1 aromatic carbocycles. The number of nitrogens with one attached hydrogen (secondary N) is 1. The van der Waals surface area contributed by atoms with Crippen LogP contribution in [-0.2, 0) is 0 Å². The fourth-order valence-corrected chi connectivity index (χ4v) is 1.37. The van der Waals surface area contributed by atoms with Gasteiger partial charge in [-0.3, -0.25) is 0 Å². The van der Waals surface area contributed by atoms with E-state index in [-0.39, 0.29) is 5.84 Å². The van der Waals surface area contributed by atoms with E-state index in [9.17, 15) is 0 Å². The van der Waals surface area contributed by atoms with Gasteiger partial charge in [0, 0.05) is 5.56 Å². The van der Waals surface area contributed by atoms with Gasteiger partial charge in [-0.05, 0) is 12.1 Å². The Morgan fingerprint density at radius 1 is 1.29 bits per heavy atom. The summed E-state index contributed by atoms with van der Waals surface area (Å²) in [6.07, 6.45) is 0. The number of benzene rings is 1. The smallest absolute Gasteiger partial charge is 0.153 e. The summed E-state index contributed by atoms with van der Waals surface area (Å²) in [6.45, 7) is 0. The molecule has 76 valence electrons. The second-order valence-corrected chi connectivity index (χ2v) is 3.29. The Bertz CT molecular complexity index is 377. The molecule has 0 saturated carbocycles. The SMILES string of the molecule is NN/N=C(\N)c1cc(N)c(Cl)cc1Cl. The molecule has 0 aliphatic heterocycles. The third-order valence-electron chi connectivity index (χ3n) is 1.55. The number of amidine groups is 1. The number of nitrogen functional groups attached to an aromatic ring is 1. The van der Waals surface area contributed by atoms with E-state index in [1.807, 2.05) is 0 Å². The van der Waals surface area contributed by atoms with Crippen molar-refractivity contribution in [3.05, 3.63) is 27.7 Å². The summed E-state index contributed by atoms with van der Waals surface area (Å²) in [7, 11) is 0. The molecule has 0 amide bonds. The maximum atomic E-state index is 5.86. The van der Waals surface area contributed by atoms with Crippen molar-refractivity contribution in [3.8, 4) is 0 Å². The van der Waals surface area contributed by atoms with Gasteiger partial charge in [-0.25, -0.2) is 11.4 Å². The van der Waals surface area contributed by atoms with E-state index in [1.54, 1.807) is 0 Å². The lowest BCUT2D eigenvalue weighted by Gasteiger charge is -2.06. The minimum atomic E-state index is 0.140. The summed E-state index contributed by atoms with van der Waals surface area (Å²) >= 11 is 11.6. The highest BCUT2D eigenvalue weighted by Gasteiger charge is 2.08. The summed E-state index contributed by atoms with van der Waals surface area (Å²) in [4.78, 5) is 0. The predicted molar refractivity (Wildman–Crippen MR) is 58.9 cm³/mol. The first-order chi connectivity index (χ1) is 6.56. The Labute approximate surface area is 90.8 Å². The van der Waals surface area contributed by atoms with Crippen LogP contribution >= 0.6 is 23.2 Å². The Hall–Kier alpha value is -1.17. The van der Waals surface area contributed by atoms with Crippen LogP contribution < -0.4 is 22.8 Å². The molecule has 0 aliphatic rings. The number of hydrazine groups is 1. The average Bonchev–Trinajstić information content (AvgIpc) is 2.11. The van der Waals surface area contributed by atoms with Crippen LogP contribution in [0.3, 0.4) is 0 Å². The van der Waals surface area contributed by atoms with E-state index in [2.05, 4.69) is 10.6 Å². The molecule has 1 rings (SSSR count). The Kier molecular flexibility index (Phi) is 3.40. The van der Waals surface area contributed by atoms with Gasteiger partial charge in [0.15, 0.2) is 5.84 Å². The molecule has 0 heterocycles. The highest BCUT2D eigenvalue weighted by atomic mass is 35.5. The molecule has 0 fully saturated rings. The molecule has 5 nitrogen and oxygen atoms in total. The predicted octanol–water partition coefficient (Wildman–Crippen LogP) is 0.659. The van der Waals surface area contributed by atoms with Gasteiger partial charge in [0.1, 0.15) is 0 Å². The first-order valence-electron chi connectivity index (χ1n) is 3.60. The third kappa shape index (κ3) is 2.20. The lowest BCUT2D eigenvalue weighted by Crippen LogP contribution is -2.23. The number of nitrogens with zero attached hydrogens (tertiary/aromatic N) is 1. The van der Waals surface area contributed by atoms with Crippen molar-refractivity contribution in [2.75, 3.05) is 5.73 Å².